The molecule has 4 heteroatoms. The number of ether oxygens (including phenoxy) is 1. The van der Waals surface area contributed by atoms with Crippen LogP contribution in [0, 0.1) is 20.8 Å². The first-order valence-electron chi connectivity index (χ1n) is 8.35. The summed E-state index contributed by atoms with van der Waals surface area (Å²) in [4.78, 5) is 0. The standard InChI is InChI=1S/C19H31NO2.BrH/c1-13-14(2)18-16(15(3)17(13)21)9-11-19(4,22-18)10-8-12-20(5,6)7;/h8-12H2,1-7H3;1H. The molecule has 1 unspecified atom stereocenters. The van der Waals surface area contributed by atoms with E-state index in [9.17, 15) is 5.11 Å². The molecule has 1 aromatic carbocycles. The van der Waals surface area contributed by atoms with E-state index in [0.717, 1.165) is 46.2 Å². The third-order valence-electron chi connectivity index (χ3n) is 5.13. The molecule has 23 heavy (non-hydrogen) atoms. The summed E-state index contributed by atoms with van der Waals surface area (Å²) >= 11 is 0. The molecule has 0 spiro atoms. The van der Waals surface area contributed by atoms with Crippen LogP contribution in [-0.2, 0) is 6.42 Å². The molecule has 0 amide bonds. The first-order chi connectivity index (χ1) is 10.0. The Bertz CT molecular complexity index is 578. The molecule has 0 bridgehead atoms. The van der Waals surface area contributed by atoms with E-state index in [1.807, 2.05) is 13.8 Å². The minimum Gasteiger partial charge on any atom is -1.00 e. The maximum atomic E-state index is 10.2. The predicted octanol–water partition coefficient (Wildman–Crippen LogP) is 0.892. The Morgan fingerprint density at radius 1 is 1.09 bits per heavy atom. The Kier molecular flexibility index (Phi) is 6.20. The molecule has 132 valence electrons. The number of rotatable bonds is 4. The van der Waals surface area contributed by atoms with Gasteiger partial charge in [-0.2, -0.15) is 0 Å². The van der Waals surface area contributed by atoms with Crippen LogP contribution in [-0.4, -0.2) is 42.9 Å². The Morgan fingerprint density at radius 3 is 2.26 bits per heavy atom. The maximum absolute atomic E-state index is 10.2. The summed E-state index contributed by atoms with van der Waals surface area (Å²) in [5.74, 6) is 1.46. The van der Waals surface area contributed by atoms with E-state index in [1.54, 1.807) is 0 Å². The predicted molar refractivity (Wildman–Crippen MR) is 91.8 cm³/mol. The third kappa shape index (κ3) is 4.42. The van der Waals surface area contributed by atoms with Crippen molar-refractivity contribution < 1.29 is 31.3 Å². The van der Waals surface area contributed by atoms with E-state index in [0.29, 0.717) is 5.75 Å². The van der Waals surface area contributed by atoms with Gasteiger partial charge in [0, 0.05) is 12.0 Å². The van der Waals surface area contributed by atoms with E-state index < -0.39 is 0 Å². The molecule has 1 heterocycles. The van der Waals surface area contributed by atoms with Crippen LogP contribution >= 0.6 is 0 Å². The van der Waals surface area contributed by atoms with Crippen LogP contribution in [0.1, 0.15) is 48.4 Å². The van der Waals surface area contributed by atoms with Gasteiger partial charge in [0.25, 0.3) is 0 Å². The second kappa shape index (κ2) is 7.02. The highest BCUT2D eigenvalue weighted by Crippen LogP contribution is 2.44. The van der Waals surface area contributed by atoms with E-state index in [-0.39, 0.29) is 22.6 Å². The largest absolute Gasteiger partial charge is 1.00 e. The first-order valence-corrected chi connectivity index (χ1v) is 8.35. The second-order valence-electron chi connectivity index (χ2n) is 8.20. The molecule has 3 nitrogen and oxygen atoms in total. The minimum absolute atomic E-state index is 0. The lowest BCUT2D eigenvalue weighted by molar-refractivity contribution is -0.870. The molecule has 0 saturated carbocycles. The van der Waals surface area contributed by atoms with Crippen molar-refractivity contribution in [2.45, 2.75) is 59.0 Å². The molecular formula is C19H32BrNO2. The molecule has 1 N–H and O–H groups in total. The van der Waals surface area contributed by atoms with Gasteiger partial charge in [-0.05, 0) is 63.6 Å². The van der Waals surface area contributed by atoms with Gasteiger partial charge in [0.2, 0.25) is 0 Å². The van der Waals surface area contributed by atoms with Gasteiger partial charge in [-0.15, -0.1) is 0 Å². The van der Waals surface area contributed by atoms with Gasteiger partial charge in [-0.3, -0.25) is 0 Å². The van der Waals surface area contributed by atoms with Gasteiger partial charge in [0.05, 0.1) is 27.7 Å². The second-order valence-corrected chi connectivity index (χ2v) is 8.20. The first kappa shape index (κ1) is 20.3. The Morgan fingerprint density at radius 2 is 1.70 bits per heavy atom. The quantitative estimate of drug-likeness (QED) is 0.779. The minimum atomic E-state index is -0.0806. The topological polar surface area (TPSA) is 29.5 Å². The van der Waals surface area contributed by atoms with Gasteiger partial charge >= 0.3 is 0 Å². The lowest BCUT2D eigenvalue weighted by atomic mass is 9.85. The molecule has 1 aliphatic rings. The van der Waals surface area contributed by atoms with Crippen LogP contribution in [0.3, 0.4) is 0 Å². The van der Waals surface area contributed by atoms with E-state index in [1.165, 1.54) is 18.5 Å². The fourth-order valence-electron chi connectivity index (χ4n) is 3.40. The van der Waals surface area contributed by atoms with Gasteiger partial charge in [0.15, 0.2) is 0 Å². The van der Waals surface area contributed by atoms with Crippen LogP contribution in [0.5, 0.6) is 11.5 Å². The highest BCUT2D eigenvalue weighted by Gasteiger charge is 2.34. The number of fused-ring (bicyclic) bond motifs is 1. The summed E-state index contributed by atoms with van der Waals surface area (Å²) < 4.78 is 7.46. The molecular weight excluding hydrogens is 354 g/mol. The number of hydrogen-bond donors (Lipinski definition) is 1. The highest BCUT2D eigenvalue weighted by atomic mass is 79.9. The molecule has 1 aliphatic heterocycles. The molecule has 1 atom stereocenters. The van der Waals surface area contributed by atoms with Gasteiger partial charge in [-0.25, -0.2) is 0 Å². The number of phenolic OH excluding ortho intramolecular Hbond substituents is 1. The number of nitrogens with zero attached hydrogens (tertiary/aromatic N) is 1. The summed E-state index contributed by atoms with van der Waals surface area (Å²) in [6.45, 7) is 9.44. The van der Waals surface area contributed by atoms with Crippen molar-refractivity contribution in [3.05, 3.63) is 22.3 Å². The van der Waals surface area contributed by atoms with E-state index in [4.69, 9.17) is 4.74 Å². The summed E-state index contributed by atoms with van der Waals surface area (Å²) in [5, 5.41) is 10.2. The van der Waals surface area contributed by atoms with Crippen molar-refractivity contribution in [2.24, 2.45) is 0 Å². The van der Waals surface area contributed by atoms with Crippen molar-refractivity contribution in [3.8, 4) is 11.5 Å². The molecule has 0 aromatic heterocycles. The number of quaternary nitrogens is 1. The molecule has 2 rings (SSSR count). The highest BCUT2D eigenvalue weighted by molar-refractivity contribution is 5.58. The van der Waals surface area contributed by atoms with Crippen molar-refractivity contribution in [3.63, 3.8) is 0 Å². The van der Waals surface area contributed by atoms with Crippen LogP contribution < -0.4 is 21.7 Å². The maximum Gasteiger partial charge on any atom is 0.127 e. The summed E-state index contributed by atoms with van der Waals surface area (Å²) in [5.41, 5.74) is 4.15. The summed E-state index contributed by atoms with van der Waals surface area (Å²) in [7, 11) is 6.71. The fraction of sp³-hybridized carbons (Fsp3) is 0.684. The van der Waals surface area contributed by atoms with Crippen LogP contribution in [0.15, 0.2) is 0 Å². The van der Waals surface area contributed by atoms with Crippen LogP contribution in [0.2, 0.25) is 0 Å². The normalized spacial score (nSPS) is 20.5. The SMILES string of the molecule is Cc1c(C)c2c(c(C)c1O)CCC(C)(CCC[N+](C)(C)C)O2.[Br-]. The van der Waals surface area contributed by atoms with Crippen LogP contribution in [0.25, 0.3) is 0 Å². The zero-order chi connectivity index (χ0) is 16.7. The Hall–Kier alpha value is -0.740. The average molecular weight is 386 g/mol. The lowest BCUT2D eigenvalue weighted by Crippen LogP contribution is -3.00. The smallest absolute Gasteiger partial charge is 0.127 e. The Balaban J connectivity index is 0.00000264. The molecule has 0 aliphatic carbocycles. The van der Waals surface area contributed by atoms with Crippen LogP contribution in [0.4, 0.5) is 0 Å². The van der Waals surface area contributed by atoms with E-state index >= 15 is 0 Å². The number of phenols is 1. The average Bonchev–Trinajstić information content (AvgIpc) is 2.41. The van der Waals surface area contributed by atoms with Crippen molar-refractivity contribution >= 4 is 0 Å². The number of benzene rings is 1. The molecule has 1 aromatic rings. The number of halogens is 1. The number of hydrogen-bond acceptors (Lipinski definition) is 2. The summed E-state index contributed by atoms with van der Waals surface area (Å²) in [6, 6.07) is 0. The summed E-state index contributed by atoms with van der Waals surface area (Å²) in [6.07, 6.45) is 4.28. The van der Waals surface area contributed by atoms with Crippen molar-refractivity contribution in [2.75, 3.05) is 27.7 Å². The van der Waals surface area contributed by atoms with Gasteiger partial charge < -0.3 is 31.3 Å². The van der Waals surface area contributed by atoms with E-state index in [2.05, 4.69) is 35.0 Å². The molecule has 0 fully saturated rings. The molecule has 0 saturated heterocycles. The lowest BCUT2D eigenvalue weighted by Gasteiger charge is -2.38. The van der Waals surface area contributed by atoms with Gasteiger partial charge in [-0.1, -0.05) is 0 Å². The van der Waals surface area contributed by atoms with Crippen molar-refractivity contribution in [1.82, 2.24) is 0 Å². The van der Waals surface area contributed by atoms with Gasteiger partial charge in [0.1, 0.15) is 17.1 Å². The number of aromatic hydroxyl groups is 1. The third-order valence-corrected chi connectivity index (χ3v) is 5.13. The zero-order valence-corrected chi connectivity index (χ0v) is 17.3. The van der Waals surface area contributed by atoms with Crippen molar-refractivity contribution in [1.29, 1.82) is 0 Å². The fourth-order valence-corrected chi connectivity index (χ4v) is 3.40. The molecule has 0 radical (unpaired) electrons. The Labute approximate surface area is 152 Å². The monoisotopic (exact) mass is 385 g/mol. The zero-order valence-electron chi connectivity index (χ0n) is 15.7.